The molecule has 0 aliphatic carbocycles. The number of methoxy groups -OCH3 is 1. The predicted octanol–water partition coefficient (Wildman–Crippen LogP) is 4.73. The van der Waals surface area contributed by atoms with Gasteiger partial charge in [-0.3, -0.25) is 0 Å². The number of hydrogen-bond acceptors (Lipinski definition) is 5. The number of likely N-dealkylation sites (tertiary alicyclic amines) is 1. The fourth-order valence-corrected chi connectivity index (χ4v) is 3.63. The van der Waals surface area contributed by atoms with Crippen LogP contribution in [0.2, 0.25) is 0 Å². The number of aryl methyl sites for hydroxylation is 1. The van der Waals surface area contributed by atoms with Crippen LogP contribution in [-0.2, 0) is 11.2 Å². The van der Waals surface area contributed by atoms with Crippen LogP contribution in [0.4, 0.5) is 4.79 Å². The molecule has 2 aromatic rings. The summed E-state index contributed by atoms with van der Waals surface area (Å²) in [6.45, 7) is 7.11. The van der Waals surface area contributed by atoms with Crippen LogP contribution in [0.25, 0.3) is 11.0 Å². The number of fused-ring (bicyclic) bond motifs is 1. The average Bonchev–Trinajstić information content (AvgIpc) is 3.00. The first-order valence-electron chi connectivity index (χ1n) is 9.52. The highest BCUT2D eigenvalue weighted by Crippen LogP contribution is 2.36. The lowest BCUT2D eigenvalue weighted by atomic mass is 9.90. The number of furan rings is 1. The molecule has 2 heterocycles. The average molecular weight is 375 g/mol. The lowest BCUT2D eigenvalue weighted by Crippen LogP contribution is -2.41. The Kier molecular flexibility index (Phi) is 5.53. The molecule has 0 bridgehead atoms. The van der Waals surface area contributed by atoms with Gasteiger partial charge in [-0.15, -0.1) is 0 Å². The quantitative estimate of drug-likeness (QED) is 0.837. The first kappa shape index (κ1) is 19.4. The van der Waals surface area contributed by atoms with Gasteiger partial charge in [0, 0.05) is 18.7 Å². The first-order valence-corrected chi connectivity index (χ1v) is 9.52. The minimum atomic E-state index is -0.461. The van der Waals surface area contributed by atoms with Gasteiger partial charge in [0.05, 0.1) is 12.5 Å². The number of benzene rings is 1. The molecule has 1 saturated heterocycles. The molecule has 1 N–H and O–H groups in total. The highest BCUT2D eigenvalue weighted by Gasteiger charge is 2.27. The summed E-state index contributed by atoms with van der Waals surface area (Å²) >= 11 is 0. The Labute approximate surface area is 160 Å². The van der Waals surface area contributed by atoms with Crippen molar-refractivity contribution in [3.8, 4) is 11.5 Å². The van der Waals surface area contributed by atoms with E-state index < -0.39 is 5.60 Å². The number of hydrogen-bond donors (Lipinski definition) is 1. The molecule has 0 saturated carbocycles. The van der Waals surface area contributed by atoms with Crippen molar-refractivity contribution < 1.29 is 23.8 Å². The summed E-state index contributed by atoms with van der Waals surface area (Å²) in [5.41, 5.74) is 1.22. The van der Waals surface area contributed by atoms with E-state index in [9.17, 15) is 9.90 Å². The molecule has 1 aromatic carbocycles. The van der Waals surface area contributed by atoms with Crippen LogP contribution in [0.15, 0.2) is 22.8 Å². The summed E-state index contributed by atoms with van der Waals surface area (Å²) in [7, 11) is 1.65. The summed E-state index contributed by atoms with van der Waals surface area (Å²) in [5, 5.41) is 10.6. The van der Waals surface area contributed by atoms with Crippen LogP contribution in [0.3, 0.4) is 0 Å². The van der Waals surface area contributed by atoms with Gasteiger partial charge in [0.25, 0.3) is 0 Å². The number of rotatable bonds is 4. The maximum atomic E-state index is 12.2. The first-order chi connectivity index (χ1) is 12.8. The molecule has 0 unspecified atom stereocenters. The Hall–Kier alpha value is -2.37. The Morgan fingerprint density at radius 1 is 1.30 bits per heavy atom. The highest BCUT2D eigenvalue weighted by molar-refractivity contribution is 5.88. The van der Waals surface area contributed by atoms with Crippen molar-refractivity contribution in [2.75, 3.05) is 20.2 Å². The number of amides is 1. The van der Waals surface area contributed by atoms with Gasteiger partial charge in [-0.2, -0.15) is 0 Å². The molecule has 148 valence electrons. The minimum Gasteiger partial charge on any atom is -0.504 e. The van der Waals surface area contributed by atoms with Crippen molar-refractivity contribution in [1.82, 2.24) is 4.90 Å². The van der Waals surface area contributed by atoms with Crippen molar-refractivity contribution in [2.24, 2.45) is 5.92 Å². The van der Waals surface area contributed by atoms with E-state index in [0.29, 0.717) is 16.9 Å². The predicted molar refractivity (Wildman–Crippen MR) is 103 cm³/mol. The fourth-order valence-electron chi connectivity index (χ4n) is 3.63. The molecule has 1 aromatic heterocycles. The molecule has 3 rings (SSSR count). The van der Waals surface area contributed by atoms with Crippen LogP contribution >= 0.6 is 0 Å². The molecule has 6 heteroatoms. The van der Waals surface area contributed by atoms with Gasteiger partial charge >= 0.3 is 6.09 Å². The van der Waals surface area contributed by atoms with E-state index in [1.165, 1.54) is 6.26 Å². The Balaban J connectivity index is 1.59. The SMILES string of the molecule is COc1ccc2c(O)coc2c1CCC1CCN(C(=O)OC(C)(C)C)CC1. The van der Waals surface area contributed by atoms with Gasteiger partial charge < -0.3 is 23.9 Å². The van der Waals surface area contributed by atoms with Crippen LogP contribution in [-0.4, -0.2) is 41.9 Å². The molecule has 27 heavy (non-hydrogen) atoms. The van der Waals surface area contributed by atoms with E-state index in [1.807, 2.05) is 32.9 Å². The lowest BCUT2D eigenvalue weighted by Gasteiger charge is -2.33. The number of carbonyl (C=O) groups is 1. The van der Waals surface area contributed by atoms with Crippen molar-refractivity contribution in [2.45, 2.75) is 52.1 Å². The van der Waals surface area contributed by atoms with Gasteiger partial charge in [-0.25, -0.2) is 4.79 Å². The van der Waals surface area contributed by atoms with E-state index in [2.05, 4.69) is 0 Å². The second-order valence-electron chi connectivity index (χ2n) is 8.19. The molecule has 1 fully saturated rings. The second kappa shape index (κ2) is 7.71. The number of carbonyl (C=O) groups excluding carboxylic acids is 1. The van der Waals surface area contributed by atoms with Crippen LogP contribution in [0.5, 0.6) is 11.5 Å². The summed E-state index contributed by atoms with van der Waals surface area (Å²) in [4.78, 5) is 14.0. The molecule has 1 aliphatic heterocycles. The van der Waals surface area contributed by atoms with Gasteiger partial charge in [-0.05, 0) is 64.5 Å². The molecular weight excluding hydrogens is 346 g/mol. The van der Waals surface area contributed by atoms with E-state index in [4.69, 9.17) is 13.9 Å². The van der Waals surface area contributed by atoms with Crippen LogP contribution < -0.4 is 4.74 Å². The lowest BCUT2D eigenvalue weighted by molar-refractivity contribution is 0.0181. The van der Waals surface area contributed by atoms with Gasteiger partial charge in [0.1, 0.15) is 23.2 Å². The monoisotopic (exact) mass is 375 g/mol. The third-order valence-corrected chi connectivity index (χ3v) is 5.07. The third kappa shape index (κ3) is 4.49. The van der Waals surface area contributed by atoms with Crippen molar-refractivity contribution >= 4 is 17.1 Å². The normalized spacial score (nSPS) is 15.9. The Bertz CT molecular complexity index is 797. The highest BCUT2D eigenvalue weighted by atomic mass is 16.6. The number of piperidine rings is 1. The van der Waals surface area contributed by atoms with Gasteiger partial charge in [0.2, 0.25) is 0 Å². The third-order valence-electron chi connectivity index (χ3n) is 5.07. The van der Waals surface area contributed by atoms with Crippen LogP contribution in [0.1, 0.15) is 45.6 Å². The molecule has 1 amide bonds. The molecule has 1 aliphatic rings. The Morgan fingerprint density at radius 2 is 2.00 bits per heavy atom. The molecular formula is C21H29NO5. The van der Waals surface area contributed by atoms with Crippen LogP contribution in [0, 0.1) is 5.92 Å². The molecule has 6 nitrogen and oxygen atoms in total. The second-order valence-corrected chi connectivity index (χ2v) is 8.19. The smallest absolute Gasteiger partial charge is 0.410 e. The fraction of sp³-hybridized carbons (Fsp3) is 0.571. The minimum absolute atomic E-state index is 0.152. The van der Waals surface area contributed by atoms with E-state index in [0.717, 1.165) is 50.1 Å². The Morgan fingerprint density at radius 3 is 2.63 bits per heavy atom. The molecule has 0 radical (unpaired) electrons. The maximum absolute atomic E-state index is 12.2. The van der Waals surface area contributed by atoms with Gasteiger partial charge in [0.15, 0.2) is 5.75 Å². The molecule has 0 atom stereocenters. The largest absolute Gasteiger partial charge is 0.504 e. The zero-order valence-electron chi connectivity index (χ0n) is 16.6. The van der Waals surface area contributed by atoms with Crippen molar-refractivity contribution in [3.05, 3.63) is 24.0 Å². The summed E-state index contributed by atoms with van der Waals surface area (Å²) < 4.78 is 16.5. The topological polar surface area (TPSA) is 72.1 Å². The zero-order valence-corrected chi connectivity index (χ0v) is 16.6. The maximum Gasteiger partial charge on any atom is 0.410 e. The van der Waals surface area contributed by atoms with E-state index in [1.54, 1.807) is 12.0 Å². The summed E-state index contributed by atoms with van der Waals surface area (Å²) in [5.74, 6) is 1.47. The number of aromatic hydroxyl groups is 1. The molecule has 0 spiro atoms. The summed E-state index contributed by atoms with van der Waals surface area (Å²) in [6.07, 6.45) is 4.86. The zero-order chi connectivity index (χ0) is 19.6. The van der Waals surface area contributed by atoms with Gasteiger partial charge in [-0.1, -0.05) is 0 Å². The summed E-state index contributed by atoms with van der Waals surface area (Å²) in [6, 6.07) is 3.69. The van der Waals surface area contributed by atoms with E-state index in [-0.39, 0.29) is 11.8 Å². The van der Waals surface area contributed by atoms with Crippen molar-refractivity contribution in [1.29, 1.82) is 0 Å². The van der Waals surface area contributed by atoms with E-state index >= 15 is 0 Å². The standard InChI is InChI=1S/C21H29NO5/c1-21(2,3)27-20(24)22-11-9-14(10-12-22)5-6-16-18(25-4)8-7-15-17(23)13-26-19(15)16/h7-8,13-14,23H,5-6,9-12H2,1-4H3. The van der Waals surface area contributed by atoms with Crippen molar-refractivity contribution in [3.63, 3.8) is 0 Å². The number of ether oxygens (including phenoxy) is 2. The number of nitrogens with zero attached hydrogens (tertiary/aromatic N) is 1.